The highest BCUT2D eigenvalue weighted by Gasteiger charge is 2.35. The summed E-state index contributed by atoms with van der Waals surface area (Å²) < 4.78 is 40.4. The summed E-state index contributed by atoms with van der Waals surface area (Å²) >= 11 is 0. The predicted octanol–water partition coefficient (Wildman–Crippen LogP) is 4.64. The number of halogens is 3. The average molecular weight is 346 g/mol. The van der Waals surface area contributed by atoms with Gasteiger partial charge in [0.25, 0.3) is 0 Å². The second-order valence-corrected chi connectivity index (χ2v) is 5.78. The summed E-state index contributed by atoms with van der Waals surface area (Å²) in [5.41, 5.74) is 2.31. The SMILES string of the molecule is Cc1ccc(NC(c2cn[nH]c2)c2ccccc2C(F)(F)F)c(C)n1. The van der Waals surface area contributed by atoms with Crippen LogP contribution in [-0.4, -0.2) is 15.2 Å². The molecule has 2 heterocycles. The number of rotatable bonds is 4. The maximum Gasteiger partial charge on any atom is 0.416 e. The van der Waals surface area contributed by atoms with Crippen LogP contribution in [0, 0.1) is 13.8 Å². The summed E-state index contributed by atoms with van der Waals surface area (Å²) in [6.45, 7) is 3.68. The topological polar surface area (TPSA) is 53.6 Å². The molecular weight excluding hydrogens is 329 g/mol. The number of pyridine rings is 1. The molecule has 0 bridgehead atoms. The molecule has 0 aliphatic rings. The first-order valence-corrected chi connectivity index (χ1v) is 7.72. The van der Waals surface area contributed by atoms with Crippen molar-refractivity contribution in [3.05, 3.63) is 76.9 Å². The molecule has 2 N–H and O–H groups in total. The second kappa shape index (κ2) is 6.58. The van der Waals surface area contributed by atoms with Gasteiger partial charge in [-0.25, -0.2) is 0 Å². The largest absolute Gasteiger partial charge is 0.416 e. The smallest absolute Gasteiger partial charge is 0.373 e. The van der Waals surface area contributed by atoms with Crippen LogP contribution in [0.4, 0.5) is 18.9 Å². The molecule has 0 aliphatic heterocycles. The molecule has 1 unspecified atom stereocenters. The zero-order valence-electron chi connectivity index (χ0n) is 13.7. The van der Waals surface area contributed by atoms with E-state index in [1.807, 2.05) is 26.0 Å². The Morgan fingerprint density at radius 1 is 1.08 bits per heavy atom. The molecule has 3 aromatic rings. The molecule has 0 aliphatic carbocycles. The van der Waals surface area contributed by atoms with Gasteiger partial charge in [-0.1, -0.05) is 18.2 Å². The molecule has 1 aromatic carbocycles. The van der Waals surface area contributed by atoms with E-state index in [-0.39, 0.29) is 5.56 Å². The molecule has 4 nitrogen and oxygen atoms in total. The molecular formula is C18H17F3N4. The minimum absolute atomic E-state index is 0.136. The van der Waals surface area contributed by atoms with Crippen molar-refractivity contribution >= 4 is 5.69 Å². The third-order valence-corrected chi connectivity index (χ3v) is 3.95. The number of hydrogen-bond acceptors (Lipinski definition) is 3. The molecule has 0 saturated carbocycles. The Balaban J connectivity index is 2.09. The molecule has 2 aromatic heterocycles. The Kier molecular flexibility index (Phi) is 4.48. The van der Waals surface area contributed by atoms with Crippen molar-refractivity contribution in [3.8, 4) is 0 Å². The van der Waals surface area contributed by atoms with Gasteiger partial charge in [0.1, 0.15) is 0 Å². The Bertz CT molecular complexity index is 857. The van der Waals surface area contributed by atoms with Crippen molar-refractivity contribution in [1.82, 2.24) is 15.2 Å². The molecule has 0 radical (unpaired) electrons. The number of nitrogens with one attached hydrogen (secondary N) is 2. The molecule has 7 heteroatoms. The maximum atomic E-state index is 13.5. The van der Waals surface area contributed by atoms with Gasteiger partial charge in [0.2, 0.25) is 0 Å². The van der Waals surface area contributed by atoms with E-state index in [1.54, 1.807) is 12.3 Å². The van der Waals surface area contributed by atoms with Crippen LogP contribution in [0.15, 0.2) is 48.8 Å². The molecule has 0 amide bonds. The van der Waals surface area contributed by atoms with Crippen molar-refractivity contribution in [2.45, 2.75) is 26.1 Å². The van der Waals surface area contributed by atoms with E-state index < -0.39 is 17.8 Å². The number of hydrogen-bond donors (Lipinski definition) is 2. The number of nitrogens with zero attached hydrogens (tertiary/aromatic N) is 2. The number of benzene rings is 1. The second-order valence-electron chi connectivity index (χ2n) is 5.78. The number of aryl methyl sites for hydroxylation is 2. The van der Waals surface area contributed by atoms with Crippen LogP contribution in [0.1, 0.15) is 34.1 Å². The lowest BCUT2D eigenvalue weighted by atomic mass is 9.95. The first-order valence-electron chi connectivity index (χ1n) is 7.72. The number of H-pyrrole nitrogens is 1. The monoisotopic (exact) mass is 346 g/mol. The van der Waals surface area contributed by atoms with Crippen LogP contribution >= 0.6 is 0 Å². The number of anilines is 1. The quantitative estimate of drug-likeness (QED) is 0.723. The fourth-order valence-corrected chi connectivity index (χ4v) is 2.76. The van der Waals surface area contributed by atoms with E-state index in [1.165, 1.54) is 18.3 Å². The molecule has 3 rings (SSSR count). The lowest BCUT2D eigenvalue weighted by molar-refractivity contribution is -0.138. The van der Waals surface area contributed by atoms with Gasteiger partial charge in [-0.05, 0) is 37.6 Å². The van der Waals surface area contributed by atoms with Crippen molar-refractivity contribution in [1.29, 1.82) is 0 Å². The Labute approximate surface area is 143 Å². The van der Waals surface area contributed by atoms with E-state index in [9.17, 15) is 13.2 Å². The van der Waals surface area contributed by atoms with Crippen LogP contribution < -0.4 is 5.32 Å². The highest BCUT2D eigenvalue weighted by molar-refractivity contribution is 5.53. The van der Waals surface area contributed by atoms with Gasteiger partial charge in [-0.2, -0.15) is 18.3 Å². The highest BCUT2D eigenvalue weighted by Crippen LogP contribution is 2.37. The predicted molar refractivity (Wildman–Crippen MR) is 89.2 cm³/mol. The molecule has 25 heavy (non-hydrogen) atoms. The zero-order valence-corrected chi connectivity index (χ0v) is 13.7. The molecule has 0 fully saturated rings. The highest BCUT2D eigenvalue weighted by atomic mass is 19.4. The minimum atomic E-state index is -4.44. The van der Waals surface area contributed by atoms with Gasteiger partial charge < -0.3 is 5.32 Å². The summed E-state index contributed by atoms with van der Waals surface area (Å²) in [7, 11) is 0. The summed E-state index contributed by atoms with van der Waals surface area (Å²) in [6, 6.07) is 8.48. The third-order valence-electron chi connectivity index (χ3n) is 3.95. The van der Waals surface area contributed by atoms with E-state index in [2.05, 4.69) is 20.5 Å². The normalized spacial score (nSPS) is 12.8. The minimum Gasteiger partial charge on any atom is -0.373 e. The van der Waals surface area contributed by atoms with Crippen molar-refractivity contribution in [2.24, 2.45) is 0 Å². The fourth-order valence-electron chi connectivity index (χ4n) is 2.76. The summed E-state index contributed by atoms with van der Waals surface area (Å²) in [6.07, 6.45) is -1.34. The zero-order chi connectivity index (χ0) is 18.0. The number of aromatic amines is 1. The first-order chi connectivity index (χ1) is 11.9. The maximum absolute atomic E-state index is 13.5. The van der Waals surface area contributed by atoms with Crippen molar-refractivity contribution < 1.29 is 13.2 Å². The molecule has 1 atom stereocenters. The number of alkyl halides is 3. The van der Waals surface area contributed by atoms with E-state index >= 15 is 0 Å². The van der Waals surface area contributed by atoms with Gasteiger partial charge in [0.15, 0.2) is 0 Å². The average Bonchev–Trinajstić information content (AvgIpc) is 3.07. The van der Waals surface area contributed by atoms with Crippen LogP contribution in [0.5, 0.6) is 0 Å². The van der Waals surface area contributed by atoms with Gasteiger partial charge in [-0.15, -0.1) is 0 Å². The fraction of sp³-hybridized carbons (Fsp3) is 0.222. The summed E-state index contributed by atoms with van der Waals surface area (Å²) in [4.78, 5) is 4.36. The van der Waals surface area contributed by atoms with Gasteiger partial charge in [0, 0.05) is 17.5 Å². The first kappa shape index (κ1) is 17.0. The van der Waals surface area contributed by atoms with Crippen molar-refractivity contribution in [2.75, 3.05) is 5.32 Å². The van der Waals surface area contributed by atoms with E-state index in [0.717, 1.165) is 17.5 Å². The van der Waals surface area contributed by atoms with Crippen LogP contribution in [-0.2, 0) is 6.18 Å². The Morgan fingerprint density at radius 2 is 1.84 bits per heavy atom. The van der Waals surface area contributed by atoms with Gasteiger partial charge in [0.05, 0.1) is 29.2 Å². The lowest BCUT2D eigenvalue weighted by Crippen LogP contribution is -2.18. The van der Waals surface area contributed by atoms with Crippen LogP contribution in [0.3, 0.4) is 0 Å². The van der Waals surface area contributed by atoms with E-state index in [0.29, 0.717) is 11.3 Å². The standard InChI is InChI=1S/C18H17F3N4/c1-11-7-8-16(12(2)24-11)25-17(13-9-22-23-10-13)14-5-3-4-6-15(14)18(19,20)21/h3-10,17,25H,1-2H3,(H,22,23). The van der Waals surface area contributed by atoms with Gasteiger partial charge >= 0.3 is 6.18 Å². The third kappa shape index (κ3) is 3.65. The van der Waals surface area contributed by atoms with Crippen molar-refractivity contribution in [3.63, 3.8) is 0 Å². The Hall–Kier alpha value is -2.83. The molecule has 130 valence electrons. The van der Waals surface area contributed by atoms with Crippen LogP contribution in [0.25, 0.3) is 0 Å². The molecule has 0 spiro atoms. The van der Waals surface area contributed by atoms with Crippen LogP contribution in [0.2, 0.25) is 0 Å². The summed E-state index contributed by atoms with van der Waals surface area (Å²) in [5, 5.41) is 9.72. The lowest BCUT2D eigenvalue weighted by Gasteiger charge is -2.23. The van der Waals surface area contributed by atoms with E-state index in [4.69, 9.17) is 0 Å². The number of aromatic nitrogens is 3. The summed E-state index contributed by atoms with van der Waals surface area (Å²) in [5.74, 6) is 0. The Morgan fingerprint density at radius 3 is 2.48 bits per heavy atom. The van der Waals surface area contributed by atoms with Gasteiger partial charge in [-0.3, -0.25) is 10.1 Å². The molecule has 0 saturated heterocycles.